The SMILES string of the molecule is CCC(C(=O)c1cc(Br)sc1C)c1ccccc1. The zero-order valence-corrected chi connectivity index (χ0v) is 12.8. The van der Waals surface area contributed by atoms with Gasteiger partial charge in [0.25, 0.3) is 0 Å². The first kappa shape index (κ1) is 13.5. The van der Waals surface area contributed by atoms with Crippen LogP contribution in [0.25, 0.3) is 0 Å². The lowest BCUT2D eigenvalue weighted by Gasteiger charge is -2.13. The van der Waals surface area contributed by atoms with E-state index in [1.165, 1.54) is 0 Å². The molecule has 1 unspecified atom stereocenters. The molecule has 0 aliphatic carbocycles. The van der Waals surface area contributed by atoms with Crippen LogP contribution >= 0.6 is 27.3 Å². The fraction of sp³-hybridized carbons (Fsp3) is 0.267. The first-order valence-corrected chi connectivity index (χ1v) is 7.59. The Kier molecular flexibility index (Phi) is 4.36. The predicted octanol–water partition coefficient (Wildman–Crippen LogP) is 5.20. The fourth-order valence-corrected chi connectivity index (χ4v) is 3.83. The second kappa shape index (κ2) is 5.81. The van der Waals surface area contributed by atoms with Crippen molar-refractivity contribution in [3.05, 3.63) is 56.2 Å². The highest BCUT2D eigenvalue weighted by atomic mass is 79.9. The van der Waals surface area contributed by atoms with E-state index in [-0.39, 0.29) is 11.7 Å². The fourth-order valence-electron chi connectivity index (χ4n) is 2.14. The highest BCUT2D eigenvalue weighted by Crippen LogP contribution is 2.31. The van der Waals surface area contributed by atoms with Gasteiger partial charge in [-0.05, 0) is 40.9 Å². The maximum absolute atomic E-state index is 12.6. The molecule has 1 heterocycles. The van der Waals surface area contributed by atoms with Crippen LogP contribution < -0.4 is 0 Å². The van der Waals surface area contributed by atoms with E-state index in [2.05, 4.69) is 22.9 Å². The van der Waals surface area contributed by atoms with Gasteiger partial charge in [-0.2, -0.15) is 0 Å². The number of rotatable bonds is 4. The molecule has 3 heteroatoms. The molecule has 0 spiro atoms. The molecule has 1 aromatic carbocycles. The zero-order chi connectivity index (χ0) is 13.1. The first-order chi connectivity index (χ1) is 8.63. The number of ketones is 1. The van der Waals surface area contributed by atoms with E-state index in [4.69, 9.17) is 0 Å². The van der Waals surface area contributed by atoms with E-state index >= 15 is 0 Å². The van der Waals surface area contributed by atoms with E-state index in [1.807, 2.05) is 43.3 Å². The van der Waals surface area contributed by atoms with Crippen LogP contribution in [0.1, 0.15) is 40.1 Å². The Bertz CT molecular complexity index is 545. The lowest BCUT2D eigenvalue weighted by Crippen LogP contribution is -2.12. The Morgan fingerprint density at radius 3 is 2.50 bits per heavy atom. The summed E-state index contributed by atoms with van der Waals surface area (Å²) < 4.78 is 1.02. The number of aryl methyl sites for hydroxylation is 1. The van der Waals surface area contributed by atoms with Gasteiger partial charge in [0, 0.05) is 16.4 Å². The van der Waals surface area contributed by atoms with Gasteiger partial charge in [0.1, 0.15) is 0 Å². The van der Waals surface area contributed by atoms with Crippen LogP contribution in [0.3, 0.4) is 0 Å². The average Bonchev–Trinajstić information content (AvgIpc) is 2.70. The molecule has 0 N–H and O–H groups in total. The normalized spacial score (nSPS) is 12.4. The molecule has 1 nitrogen and oxygen atoms in total. The number of carbonyl (C=O) groups excluding carboxylic acids is 1. The molecule has 2 aromatic rings. The van der Waals surface area contributed by atoms with Gasteiger partial charge in [0.15, 0.2) is 5.78 Å². The number of carbonyl (C=O) groups is 1. The van der Waals surface area contributed by atoms with Crippen LogP contribution in [-0.2, 0) is 0 Å². The van der Waals surface area contributed by atoms with Crippen molar-refractivity contribution >= 4 is 33.0 Å². The minimum Gasteiger partial charge on any atom is -0.293 e. The van der Waals surface area contributed by atoms with Gasteiger partial charge in [0.05, 0.1) is 3.79 Å². The molecule has 0 saturated heterocycles. The van der Waals surface area contributed by atoms with Gasteiger partial charge >= 0.3 is 0 Å². The van der Waals surface area contributed by atoms with Crippen LogP contribution in [0.2, 0.25) is 0 Å². The monoisotopic (exact) mass is 322 g/mol. The Morgan fingerprint density at radius 1 is 1.33 bits per heavy atom. The van der Waals surface area contributed by atoms with Crippen LogP contribution in [0.5, 0.6) is 0 Å². The van der Waals surface area contributed by atoms with Crippen molar-refractivity contribution < 1.29 is 4.79 Å². The smallest absolute Gasteiger partial charge is 0.171 e. The third-order valence-electron chi connectivity index (χ3n) is 3.08. The van der Waals surface area contributed by atoms with Crippen molar-refractivity contribution in [2.75, 3.05) is 0 Å². The molecular weight excluding hydrogens is 308 g/mol. The Labute approximate surface area is 120 Å². The van der Waals surface area contributed by atoms with Crippen molar-refractivity contribution in [2.24, 2.45) is 0 Å². The lowest BCUT2D eigenvalue weighted by molar-refractivity contribution is 0.0957. The van der Waals surface area contributed by atoms with E-state index in [1.54, 1.807) is 11.3 Å². The Hall–Kier alpha value is -0.930. The summed E-state index contributed by atoms with van der Waals surface area (Å²) in [6.07, 6.45) is 0.829. The highest BCUT2D eigenvalue weighted by molar-refractivity contribution is 9.11. The molecule has 0 bridgehead atoms. The van der Waals surface area contributed by atoms with Gasteiger partial charge in [-0.1, -0.05) is 37.3 Å². The van der Waals surface area contributed by atoms with Crippen molar-refractivity contribution in [2.45, 2.75) is 26.2 Å². The van der Waals surface area contributed by atoms with E-state index in [9.17, 15) is 4.79 Å². The van der Waals surface area contributed by atoms with Gasteiger partial charge in [-0.15, -0.1) is 11.3 Å². The summed E-state index contributed by atoms with van der Waals surface area (Å²) >= 11 is 5.06. The number of hydrogen-bond donors (Lipinski definition) is 0. The largest absolute Gasteiger partial charge is 0.293 e. The molecule has 0 amide bonds. The molecule has 18 heavy (non-hydrogen) atoms. The number of hydrogen-bond acceptors (Lipinski definition) is 2. The molecule has 0 aliphatic rings. The molecule has 0 saturated carbocycles. The predicted molar refractivity (Wildman–Crippen MR) is 80.6 cm³/mol. The quantitative estimate of drug-likeness (QED) is 0.707. The maximum atomic E-state index is 12.6. The standard InChI is InChI=1S/C15H15BrOS/c1-3-12(11-7-5-4-6-8-11)15(17)13-9-14(16)18-10(13)2/h4-9,12H,3H2,1-2H3. The average molecular weight is 323 g/mol. The summed E-state index contributed by atoms with van der Waals surface area (Å²) in [5.41, 5.74) is 1.95. The molecule has 2 rings (SSSR count). The molecule has 0 aliphatic heterocycles. The van der Waals surface area contributed by atoms with Crippen molar-refractivity contribution in [1.29, 1.82) is 0 Å². The van der Waals surface area contributed by atoms with E-state index < -0.39 is 0 Å². The third kappa shape index (κ3) is 2.73. The number of Topliss-reactive ketones (excluding diaryl/α,β-unsaturated/α-hetero) is 1. The molecular formula is C15H15BrOS. The van der Waals surface area contributed by atoms with Crippen LogP contribution in [-0.4, -0.2) is 5.78 Å². The van der Waals surface area contributed by atoms with E-state index in [0.29, 0.717) is 0 Å². The minimum absolute atomic E-state index is 0.0357. The maximum Gasteiger partial charge on any atom is 0.171 e. The Morgan fingerprint density at radius 2 is 2.00 bits per heavy atom. The van der Waals surface area contributed by atoms with Crippen LogP contribution in [0.4, 0.5) is 0 Å². The zero-order valence-electron chi connectivity index (χ0n) is 10.4. The topological polar surface area (TPSA) is 17.1 Å². The number of halogens is 1. The summed E-state index contributed by atoms with van der Waals surface area (Å²) in [6.45, 7) is 4.06. The molecule has 0 radical (unpaired) electrons. The van der Waals surface area contributed by atoms with Gasteiger partial charge in [0.2, 0.25) is 0 Å². The molecule has 1 atom stereocenters. The number of benzene rings is 1. The molecule has 1 aromatic heterocycles. The first-order valence-electron chi connectivity index (χ1n) is 5.98. The van der Waals surface area contributed by atoms with Crippen molar-refractivity contribution in [3.8, 4) is 0 Å². The minimum atomic E-state index is -0.0357. The summed E-state index contributed by atoms with van der Waals surface area (Å²) in [7, 11) is 0. The van der Waals surface area contributed by atoms with Gasteiger partial charge in [-0.25, -0.2) is 0 Å². The molecule has 0 fully saturated rings. The summed E-state index contributed by atoms with van der Waals surface area (Å²) in [4.78, 5) is 13.7. The van der Waals surface area contributed by atoms with Crippen molar-refractivity contribution in [3.63, 3.8) is 0 Å². The Balaban J connectivity index is 2.34. The summed E-state index contributed by atoms with van der Waals surface area (Å²) in [6, 6.07) is 12.0. The number of thiophene rings is 1. The van der Waals surface area contributed by atoms with E-state index in [0.717, 1.165) is 26.2 Å². The van der Waals surface area contributed by atoms with Crippen LogP contribution in [0.15, 0.2) is 40.2 Å². The highest BCUT2D eigenvalue weighted by Gasteiger charge is 2.22. The summed E-state index contributed by atoms with van der Waals surface area (Å²) in [5.74, 6) is 0.189. The lowest BCUT2D eigenvalue weighted by atomic mass is 9.89. The third-order valence-corrected chi connectivity index (χ3v) is 4.63. The van der Waals surface area contributed by atoms with Gasteiger partial charge in [-0.3, -0.25) is 4.79 Å². The van der Waals surface area contributed by atoms with Crippen molar-refractivity contribution in [1.82, 2.24) is 0 Å². The second-order valence-corrected chi connectivity index (χ2v) is 6.89. The van der Waals surface area contributed by atoms with Crippen LogP contribution in [0, 0.1) is 6.92 Å². The second-order valence-electron chi connectivity index (χ2n) is 4.26. The molecule has 94 valence electrons. The summed E-state index contributed by atoms with van der Waals surface area (Å²) in [5, 5.41) is 0. The van der Waals surface area contributed by atoms with Gasteiger partial charge < -0.3 is 0 Å².